The lowest BCUT2D eigenvalue weighted by molar-refractivity contribution is -0.122. The summed E-state index contributed by atoms with van der Waals surface area (Å²) in [6, 6.07) is 23.0. The zero-order valence-corrected chi connectivity index (χ0v) is 16.2. The number of carbonyl (C=O) groups is 2. The minimum atomic E-state index is -0.677. The van der Waals surface area contributed by atoms with Crippen molar-refractivity contribution in [3.8, 4) is 11.5 Å². The number of carbonyl (C=O) groups excluding carboxylic acids is 2. The van der Waals surface area contributed by atoms with Crippen molar-refractivity contribution in [2.24, 2.45) is 0 Å². The molecule has 0 aliphatic heterocycles. The standard InChI is InChI=1S/C23H22N2O4/c1-16(22(26)24-17-8-4-3-5-9-17)29-19-14-12-18(13-15-19)25-23(27)20-10-6-7-11-21(20)28-2/h3-16H,1-2H3,(H,24,26)(H,25,27)/t16-/m0/s1. The summed E-state index contributed by atoms with van der Waals surface area (Å²) in [6.07, 6.45) is -0.677. The Labute approximate surface area is 169 Å². The molecule has 3 rings (SSSR count). The highest BCUT2D eigenvalue weighted by atomic mass is 16.5. The number of methoxy groups -OCH3 is 1. The van der Waals surface area contributed by atoms with Gasteiger partial charge in [-0.1, -0.05) is 30.3 Å². The van der Waals surface area contributed by atoms with Gasteiger partial charge in [-0.05, 0) is 55.5 Å². The van der Waals surface area contributed by atoms with E-state index in [2.05, 4.69) is 10.6 Å². The summed E-state index contributed by atoms with van der Waals surface area (Å²) in [5.41, 5.74) is 1.76. The van der Waals surface area contributed by atoms with Crippen LogP contribution in [-0.2, 0) is 4.79 Å². The van der Waals surface area contributed by atoms with E-state index in [0.29, 0.717) is 28.4 Å². The van der Waals surface area contributed by atoms with Gasteiger partial charge in [-0.15, -0.1) is 0 Å². The Balaban J connectivity index is 1.58. The van der Waals surface area contributed by atoms with E-state index in [1.807, 2.05) is 30.3 Å². The third-order valence-electron chi connectivity index (χ3n) is 4.19. The van der Waals surface area contributed by atoms with Gasteiger partial charge < -0.3 is 20.1 Å². The van der Waals surface area contributed by atoms with Crippen LogP contribution in [0.3, 0.4) is 0 Å². The van der Waals surface area contributed by atoms with Crippen LogP contribution in [-0.4, -0.2) is 25.0 Å². The Morgan fingerprint density at radius 2 is 1.41 bits per heavy atom. The molecular weight excluding hydrogens is 368 g/mol. The number of benzene rings is 3. The van der Waals surface area contributed by atoms with E-state index < -0.39 is 6.10 Å². The molecule has 2 N–H and O–H groups in total. The molecule has 148 valence electrons. The zero-order valence-electron chi connectivity index (χ0n) is 16.2. The normalized spacial score (nSPS) is 11.2. The van der Waals surface area contributed by atoms with E-state index in [0.717, 1.165) is 0 Å². The maximum Gasteiger partial charge on any atom is 0.265 e. The number of hydrogen-bond donors (Lipinski definition) is 2. The van der Waals surface area contributed by atoms with Gasteiger partial charge in [-0.25, -0.2) is 0 Å². The Hall–Kier alpha value is -3.80. The van der Waals surface area contributed by atoms with Crippen LogP contribution in [0.25, 0.3) is 0 Å². The van der Waals surface area contributed by atoms with Gasteiger partial charge in [0.2, 0.25) is 0 Å². The molecule has 0 fully saturated rings. The van der Waals surface area contributed by atoms with Gasteiger partial charge in [0.1, 0.15) is 11.5 Å². The summed E-state index contributed by atoms with van der Waals surface area (Å²) >= 11 is 0. The second kappa shape index (κ2) is 9.41. The molecule has 2 amide bonds. The van der Waals surface area contributed by atoms with Gasteiger partial charge >= 0.3 is 0 Å². The summed E-state index contributed by atoms with van der Waals surface area (Å²) in [5.74, 6) is 0.510. The Morgan fingerprint density at radius 1 is 0.793 bits per heavy atom. The van der Waals surface area contributed by atoms with Crippen LogP contribution in [0, 0.1) is 0 Å². The lowest BCUT2D eigenvalue weighted by Gasteiger charge is -2.15. The number of rotatable bonds is 7. The van der Waals surface area contributed by atoms with Crippen LogP contribution >= 0.6 is 0 Å². The van der Waals surface area contributed by atoms with Gasteiger partial charge in [0.05, 0.1) is 12.7 Å². The third-order valence-corrected chi connectivity index (χ3v) is 4.19. The fraction of sp³-hybridized carbons (Fsp3) is 0.130. The fourth-order valence-corrected chi connectivity index (χ4v) is 2.67. The first kappa shape index (κ1) is 19.9. The molecule has 0 heterocycles. The highest BCUT2D eigenvalue weighted by molar-refractivity contribution is 6.06. The van der Waals surface area contributed by atoms with Crippen LogP contribution in [0.5, 0.6) is 11.5 Å². The molecule has 0 saturated carbocycles. The number of hydrogen-bond acceptors (Lipinski definition) is 4. The van der Waals surface area contributed by atoms with Crippen LogP contribution < -0.4 is 20.1 Å². The van der Waals surface area contributed by atoms with Crippen LogP contribution in [0.15, 0.2) is 78.9 Å². The second-order valence-corrected chi connectivity index (χ2v) is 6.29. The van der Waals surface area contributed by atoms with Crippen molar-refractivity contribution in [3.05, 3.63) is 84.4 Å². The number of anilines is 2. The zero-order chi connectivity index (χ0) is 20.6. The molecule has 3 aromatic rings. The van der Waals surface area contributed by atoms with Crippen molar-refractivity contribution in [2.45, 2.75) is 13.0 Å². The van der Waals surface area contributed by atoms with E-state index in [-0.39, 0.29) is 11.8 Å². The summed E-state index contributed by atoms with van der Waals surface area (Å²) in [6.45, 7) is 1.68. The van der Waals surface area contributed by atoms with Crippen molar-refractivity contribution in [1.82, 2.24) is 0 Å². The van der Waals surface area contributed by atoms with Crippen molar-refractivity contribution < 1.29 is 19.1 Å². The fourth-order valence-electron chi connectivity index (χ4n) is 2.67. The van der Waals surface area contributed by atoms with Gasteiger partial charge in [-0.3, -0.25) is 9.59 Å². The molecule has 6 nitrogen and oxygen atoms in total. The molecule has 0 bridgehead atoms. The van der Waals surface area contributed by atoms with E-state index in [1.54, 1.807) is 55.5 Å². The lowest BCUT2D eigenvalue weighted by atomic mass is 10.2. The molecule has 0 aliphatic carbocycles. The minimum Gasteiger partial charge on any atom is -0.496 e. The first-order valence-corrected chi connectivity index (χ1v) is 9.14. The van der Waals surface area contributed by atoms with E-state index in [4.69, 9.17) is 9.47 Å². The molecule has 0 spiro atoms. The maximum atomic E-state index is 12.4. The quantitative estimate of drug-likeness (QED) is 0.629. The van der Waals surface area contributed by atoms with E-state index >= 15 is 0 Å². The third kappa shape index (κ3) is 5.35. The smallest absolute Gasteiger partial charge is 0.265 e. The summed E-state index contributed by atoms with van der Waals surface area (Å²) < 4.78 is 10.9. The van der Waals surface area contributed by atoms with Gasteiger partial charge in [0, 0.05) is 11.4 Å². The monoisotopic (exact) mass is 390 g/mol. The van der Waals surface area contributed by atoms with Crippen LogP contribution in [0.2, 0.25) is 0 Å². The Morgan fingerprint density at radius 3 is 2.10 bits per heavy atom. The van der Waals surface area contributed by atoms with Gasteiger partial charge in [-0.2, -0.15) is 0 Å². The van der Waals surface area contributed by atoms with Crippen molar-refractivity contribution >= 4 is 23.2 Å². The molecule has 0 aromatic heterocycles. The number of nitrogens with one attached hydrogen (secondary N) is 2. The predicted octanol–water partition coefficient (Wildman–Crippen LogP) is 4.35. The summed E-state index contributed by atoms with van der Waals surface area (Å²) in [7, 11) is 1.52. The molecule has 3 aromatic carbocycles. The first-order valence-electron chi connectivity index (χ1n) is 9.14. The maximum absolute atomic E-state index is 12.4. The highest BCUT2D eigenvalue weighted by Gasteiger charge is 2.15. The second-order valence-electron chi connectivity index (χ2n) is 6.29. The first-order chi connectivity index (χ1) is 14.1. The summed E-state index contributed by atoms with van der Waals surface area (Å²) in [4.78, 5) is 24.7. The Bertz CT molecular complexity index is 972. The average Bonchev–Trinajstić information content (AvgIpc) is 2.75. The molecule has 0 radical (unpaired) electrons. The highest BCUT2D eigenvalue weighted by Crippen LogP contribution is 2.21. The SMILES string of the molecule is COc1ccccc1C(=O)Nc1ccc(O[C@@H](C)C(=O)Nc2ccccc2)cc1. The van der Waals surface area contributed by atoms with Crippen LogP contribution in [0.1, 0.15) is 17.3 Å². The predicted molar refractivity (Wildman–Crippen MR) is 113 cm³/mol. The number of amides is 2. The Kier molecular flexibility index (Phi) is 6.47. The van der Waals surface area contributed by atoms with Crippen molar-refractivity contribution in [3.63, 3.8) is 0 Å². The van der Waals surface area contributed by atoms with Crippen molar-refractivity contribution in [2.75, 3.05) is 17.7 Å². The lowest BCUT2D eigenvalue weighted by Crippen LogP contribution is -2.30. The minimum absolute atomic E-state index is 0.246. The average molecular weight is 390 g/mol. The van der Waals surface area contributed by atoms with Crippen molar-refractivity contribution in [1.29, 1.82) is 0 Å². The van der Waals surface area contributed by atoms with Gasteiger partial charge in [0.15, 0.2) is 6.10 Å². The molecular formula is C23H22N2O4. The molecule has 1 atom stereocenters. The molecule has 6 heteroatoms. The summed E-state index contributed by atoms with van der Waals surface area (Å²) in [5, 5.41) is 5.61. The topological polar surface area (TPSA) is 76.7 Å². The molecule has 29 heavy (non-hydrogen) atoms. The molecule has 0 unspecified atom stereocenters. The number of para-hydroxylation sites is 2. The van der Waals surface area contributed by atoms with E-state index in [9.17, 15) is 9.59 Å². The number of ether oxygens (including phenoxy) is 2. The molecule has 0 aliphatic rings. The largest absolute Gasteiger partial charge is 0.496 e. The molecule has 0 saturated heterocycles. The van der Waals surface area contributed by atoms with Gasteiger partial charge in [0.25, 0.3) is 11.8 Å². The van der Waals surface area contributed by atoms with E-state index in [1.165, 1.54) is 7.11 Å². The van der Waals surface area contributed by atoms with Crippen LogP contribution in [0.4, 0.5) is 11.4 Å².